The molecule has 2 nitrogen and oxygen atoms in total. The molecule has 26 heavy (non-hydrogen) atoms. The zero-order valence-corrected chi connectivity index (χ0v) is 15.9. The number of hydrogen-bond donors (Lipinski definition) is 0. The number of hydrogen-bond acceptors (Lipinski definition) is 2. The minimum absolute atomic E-state index is 0.177. The average molecular weight is 363 g/mol. The molecule has 0 N–H and O–H groups in total. The Bertz CT molecular complexity index is 718. The van der Waals surface area contributed by atoms with Gasteiger partial charge in [-0.25, -0.2) is 0 Å². The number of benzene rings is 3. The lowest BCUT2D eigenvalue weighted by molar-refractivity contribution is -0.0397. The van der Waals surface area contributed by atoms with Crippen LogP contribution in [0, 0.1) is 0 Å². The van der Waals surface area contributed by atoms with Crippen LogP contribution in [0.15, 0.2) is 91.0 Å². The van der Waals surface area contributed by atoms with Crippen molar-refractivity contribution in [1.82, 2.24) is 0 Å². The molecule has 3 aromatic rings. The molecule has 0 spiro atoms. The summed E-state index contributed by atoms with van der Waals surface area (Å²) >= 11 is 0. The van der Waals surface area contributed by atoms with Crippen molar-refractivity contribution in [2.45, 2.75) is 18.9 Å². The molecule has 0 aliphatic carbocycles. The van der Waals surface area contributed by atoms with E-state index >= 15 is 0 Å². The molecule has 1 saturated heterocycles. The summed E-state index contributed by atoms with van der Waals surface area (Å²) in [6.07, 6.45) is -0.177. The van der Waals surface area contributed by atoms with Gasteiger partial charge in [0.15, 0.2) is 6.29 Å². The molecular formula is C23H24O2P+. The molecule has 0 radical (unpaired) electrons. The largest absolute Gasteiger partial charge is 0.346 e. The van der Waals surface area contributed by atoms with Crippen molar-refractivity contribution in [3.63, 3.8) is 0 Å². The second-order valence-corrected chi connectivity index (χ2v) is 10.4. The SMILES string of the molecule is CC(C1OCCO1)[P+](c1ccccc1)(c1ccccc1)c1ccccc1. The van der Waals surface area contributed by atoms with Gasteiger partial charge in [-0.05, 0) is 43.3 Å². The van der Waals surface area contributed by atoms with E-state index in [-0.39, 0.29) is 11.9 Å². The van der Waals surface area contributed by atoms with Crippen molar-refractivity contribution in [3.8, 4) is 0 Å². The van der Waals surface area contributed by atoms with Gasteiger partial charge in [0.2, 0.25) is 0 Å². The standard InChI is InChI=1S/C23H24O2P/c1-19(23-24-17-18-25-23)26(20-11-5-2-6-12-20,21-13-7-3-8-14-21)22-15-9-4-10-16-22/h2-16,19,23H,17-18H2,1H3/q+1. The molecule has 1 heterocycles. The van der Waals surface area contributed by atoms with Crippen LogP contribution in [0.5, 0.6) is 0 Å². The highest BCUT2D eigenvalue weighted by molar-refractivity contribution is 7.96. The Hall–Kier alpha value is -1.99. The highest BCUT2D eigenvalue weighted by atomic mass is 31.2. The fraction of sp³-hybridized carbons (Fsp3) is 0.217. The van der Waals surface area contributed by atoms with Gasteiger partial charge in [0.25, 0.3) is 0 Å². The predicted molar refractivity (Wildman–Crippen MR) is 110 cm³/mol. The summed E-state index contributed by atoms with van der Waals surface area (Å²) in [5.41, 5.74) is 0.220. The minimum Gasteiger partial charge on any atom is -0.346 e. The fourth-order valence-corrected chi connectivity index (χ4v) is 8.75. The Balaban J connectivity index is 2.00. The van der Waals surface area contributed by atoms with Crippen molar-refractivity contribution in [3.05, 3.63) is 91.0 Å². The van der Waals surface area contributed by atoms with E-state index in [1.165, 1.54) is 15.9 Å². The summed E-state index contributed by atoms with van der Waals surface area (Å²) in [6, 6.07) is 32.7. The first-order chi connectivity index (χ1) is 12.8. The van der Waals surface area contributed by atoms with Gasteiger partial charge in [-0.1, -0.05) is 54.6 Å². The van der Waals surface area contributed by atoms with Crippen LogP contribution in [-0.4, -0.2) is 25.2 Å². The highest BCUT2D eigenvalue weighted by Gasteiger charge is 2.54. The summed E-state index contributed by atoms with van der Waals surface area (Å²) in [7, 11) is -1.94. The van der Waals surface area contributed by atoms with Gasteiger partial charge < -0.3 is 9.47 Å². The average Bonchev–Trinajstić information content (AvgIpc) is 3.26. The molecule has 0 amide bonds. The van der Waals surface area contributed by atoms with Crippen LogP contribution < -0.4 is 15.9 Å². The van der Waals surface area contributed by atoms with E-state index in [1.807, 2.05) is 0 Å². The molecule has 3 aromatic carbocycles. The first kappa shape index (κ1) is 17.4. The second kappa shape index (κ2) is 7.72. The first-order valence-electron chi connectivity index (χ1n) is 9.12. The maximum atomic E-state index is 5.99. The monoisotopic (exact) mass is 363 g/mol. The molecule has 4 rings (SSSR count). The van der Waals surface area contributed by atoms with Crippen molar-refractivity contribution in [1.29, 1.82) is 0 Å². The molecule has 1 aliphatic heterocycles. The van der Waals surface area contributed by atoms with Gasteiger partial charge in [0.05, 0.1) is 13.2 Å². The maximum Gasteiger partial charge on any atom is 0.195 e. The second-order valence-electron chi connectivity index (χ2n) is 6.58. The molecule has 1 atom stereocenters. The molecular weight excluding hydrogens is 339 g/mol. The zero-order valence-electron chi connectivity index (χ0n) is 15.0. The van der Waals surface area contributed by atoms with Crippen LogP contribution in [-0.2, 0) is 9.47 Å². The Labute approximate surface area is 156 Å². The van der Waals surface area contributed by atoms with E-state index in [1.54, 1.807) is 0 Å². The Morgan fingerprint density at radius 3 is 1.35 bits per heavy atom. The quantitative estimate of drug-likeness (QED) is 0.643. The molecule has 1 unspecified atom stereocenters. The third-order valence-corrected chi connectivity index (χ3v) is 9.95. The molecule has 1 fully saturated rings. The molecule has 0 bridgehead atoms. The van der Waals surface area contributed by atoms with Gasteiger partial charge >= 0.3 is 0 Å². The summed E-state index contributed by atoms with van der Waals surface area (Å²) in [4.78, 5) is 0. The minimum atomic E-state index is -1.94. The van der Waals surface area contributed by atoms with Crippen LogP contribution in [0.1, 0.15) is 6.92 Å². The van der Waals surface area contributed by atoms with Crippen molar-refractivity contribution < 1.29 is 9.47 Å². The molecule has 0 aromatic heterocycles. The van der Waals surface area contributed by atoms with Crippen molar-refractivity contribution in [2.24, 2.45) is 0 Å². The van der Waals surface area contributed by atoms with Gasteiger partial charge in [0.1, 0.15) is 28.8 Å². The van der Waals surface area contributed by atoms with Gasteiger partial charge in [-0.3, -0.25) is 0 Å². The Kier molecular flexibility index (Phi) is 5.17. The molecule has 1 aliphatic rings. The van der Waals surface area contributed by atoms with Crippen molar-refractivity contribution in [2.75, 3.05) is 13.2 Å². The lowest BCUT2D eigenvalue weighted by Gasteiger charge is -2.34. The highest BCUT2D eigenvalue weighted by Crippen LogP contribution is 2.61. The molecule has 132 valence electrons. The van der Waals surface area contributed by atoms with Gasteiger partial charge in [-0.2, -0.15) is 0 Å². The summed E-state index contributed by atoms with van der Waals surface area (Å²) < 4.78 is 12.0. The number of rotatable bonds is 5. The lowest BCUT2D eigenvalue weighted by Crippen LogP contribution is -2.43. The summed E-state index contributed by atoms with van der Waals surface area (Å²) in [5, 5.41) is 4.09. The zero-order chi connectivity index (χ0) is 17.8. The van der Waals surface area contributed by atoms with E-state index in [2.05, 4.69) is 97.9 Å². The van der Waals surface area contributed by atoms with Crippen LogP contribution >= 0.6 is 7.26 Å². The predicted octanol–water partition coefficient (Wildman–Crippen LogP) is 3.74. The van der Waals surface area contributed by atoms with Crippen LogP contribution in [0.2, 0.25) is 0 Å². The van der Waals surface area contributed by atoms with Crippen LogP contribution in [0.25, 0.3) is 0 Å². The summed E-state index contributed by atoms with van der Waals surface area (Å²) in [6.45, 7) is 3.64. The Morgan fingerprint density at radius 1 is 0.654 bits per heavy atom. The smallest absolute Gasteiger partial charge is 0.195 e. The van der Waals surface area contributed by atoms with Gasteiger partial charge in [0, 0.05) is 0 Å². The third kappa shape index (κ3) is 2.99. The third-order valence-electron chi connectivity index (χ3n) is 5.14. The van der Waals surface area contributed by atoms with Gasteiger partial charge in [-0.15, -0.1) is 0 Å². The number of ether oxygens (including phenoxy) is 2. The molecule has 3 heteroatoms. The van der Waals surface area contributed by atoms with Crippen LogP contribution in [0.4, 0.5) is 0 Å². The van der Waals surface area contributed by atoms with Crippen LogP contribution in [0.3, 0.4) is 0 Å². The fourth-order valence-electron chi connectivity index (χ4n) is 3.98. The van der Waals surface area contributed by atoms with E-state index in [9.17, 15) is 0 Å². The first-order valence-corrected chi connectivity index (χ1v) is 11.0. The topological polar surface area (TPSA) is 18.5 Å². The van der Waals surface area contributed by atoms with E-state index < -0.39 is 7.26 Å². The summed E-state index contributed by atoms with van der Waals surface area (Å²) in [5.74, 6) is 0. The molecule has 0 saturated carbocycles. The Morgan fingerprint density at radius 2 is 1.00 bits per heavy atom. The van der Waals surface area contributed by atoms with E-state index in [0.29, 0.717) is 13.2 Å². The van der Waals surface area contributed by atoms with E-state index in [0.717, 1.165) is 0 Å². The van der Waals surface area contributed by atoms with Crippen molar-refractivity contribution >= 4 is 23.2 Å². The maximum absolute atomic E-state index is 5.99. The normalized spacial score (nSPS) is 16.5. The lowest BCUT2D eigenvalue weighted by atomic mass is 10.3. The van der Waals surface area contributed by atoms with E-state index in [4.69, 9.17) is 9.47 Å².